The van der Waals surface area contributed by atoms with Gasteiger partial charge in [-0.3, -0.25) is 4.79 Å². The fourth-order valence-electron chi connectivity index (χ4n) is 4.70. The van der Waals surface area contributed by atoms with Crippen molar-refractivity contribution in [1.29, 1.82) is 0 Å². The second kappa shape index (κ2) is 9.57. The number of fused-ring (bicyclic) bond motifs is 2. The van der Waals surface area contributed by atoms with Crippen LogP contribution in [0.1, 0.15) is 72.6 Å². The Morgan fingerprint density at radius 3 is 2.23 bits per heavy atom. The van der Waals surface area contributed by atoms with Gasteiger partial charge in [-0.05, 0) is 71.6 Å². The number of carbonyl (C=O) groups excluding carboxylic acids is 2. The molecule has 0 aromatic rings. The summed E-state index contributed by atoms with van der Waals surface area (Å²) in [6, 6.07) is 0. The predicted octanol–water partition coefficient (Wildman–Crippen LogP) is 2.03. The van der Waals surface area contributed by atoms with Crippen molar-refractivity contribution in [2.24, 2.45) is 5.92 Å². The van der Waals surface area contributed by atoms with Crippen molar-refractivity contribution < 1.29 is 39.1 Å². The van der Waals surface area contributed by atoms with Gasteiger partial charge in [0.1, 0.15) is 11.7 Å². The first-order chi connectivity index (χ1) is 14.2. The lowest BCUT2D eigenvalue weighted by Crippen LogP contribution is -2.47. The lowest BCUT2D eigenvalue weighted by atomic mass is 9.78. The fourth-order valence-corrected chi connectivity index (χ4v) is 4.70. The lowest BCUT2D eigenvalue weighted by Gasteiger charge is -2.37. The van der Waals surface area contributed by atoms with E-state index in [-0.39, 0.29) is 24.8 Å². The third-order valence-corrected chi connectivity index (χ3v) is 7.08. The van der Waals surface area contributed by atoms with E-state index in [4.69, 9.17) is 14.2 Å². The first kappa shape index (κ1) is 25.8. The van der Waals surface area contributed by atoms with Gasteiger partial charge in [0.2, 0.25) is 0 Å². The van der Waals surface area contributed by atoms with Gasteiger partial charge in [-0.1, -0.05) is 6.58 Å². The van der Waals surface area contributed by atoms with Crippen LogP contribution in [-0.4, -0.2) is 69.5 Å². The number of hydrogen-bond donors (Lipinski definition) is 3. The van der Waals surface area contributed by atoms with Gasteiger partial charge in [0.25, 0.3) is 0 Å². The summed E-state index contributed by atoms with van der Waals surface area (Å²) in [4.78, 5) is 23.8. The Morgan fingerprint density at radius 1 is 1.03 bits per heavy atom. The molecule has 7 atom stereocenters. The van der Waals surface area contributed by atoms with E-state index in [2.05, 4.69) is 6.58 Å². The quantitative estimate of drug-likeness (QED) is 0.448. The van der Waals surface area contributed by atoms with Gasteiger partial charge in [0, 0.05) is 12.5 Å². The molecule has 2 fully saturated rings. The fraction of sp³-hybridized carbons (Fsp3) is 0.826. The van der Waals surface area contributed by atoms with Crippen LogP contribution >= 0.6 is 0 Å². The number of ether oxygens (including phenoxy) is 3. The number of aliphatic hydroxyl groups excluding tert-OH is 1. The zero-order valence-corrected chi connectivity index (χ0v) is 19.3. The molecular weight excluding hydrogens is 404 g/mol. The number of aliphatic hydroxyl groups is 3. The van der Waals surface area contributed by atoms with Crippen LogP contribution in [0.5, 0.6) is 0 Å². The van der Waals surface area contributed by atoms with E-state index in [1.165, 1.54) is 21.0 Å². The normalized spacial score (nSPS) is 41.9. The number of hydrogen-bond acceptors (Lipinski definition) is 8. The van der Waals surface area contributed by atoms with E-state index in [0.717, 1.165) is 0 Å². The molecule has 3 N–H and O–H groups in total. The first-order valence-electron chi connectivity index (χ1n) is 11.0. The van der Waals surface area contributed by atoms with Crippen molar-refractivity contribution >= 4 is 11.9 Å². The summed E-state index contributed by atoms with van der Waals surface area (Å²) in [5.41, 5.74) is -3.31. The van der Waals surface area contributed by atoms with E-state index >= 15 is 0 Å². The molecule has 0 saturated carbocycles. The first-order valence-corrected chi connectivity index (χ1v) is 11.0. The van der Waals surface area contributed by atoms with Crippen molar-refractivity contribution in [2.75, 3.05) is 7.11 Å². The standard InChI is InChI=1S/C23H38O8/c1-14(20(26)29-6)16-7-10-22(4,28)18-9-12-23(5,31-18)19(30-15(2)24)8-11-21(3,27)17(25)13-16/h16-19,25,27-28H,1,7-13H2,2-6H3/t16-,17+,18-,19+,21+,22-,23-/m1/s1. The van der Waals surface area contributed by atoms with Crippen LogP contribution < -0.4 is 0 Å². The minimum Gasteiger partial charge on any atom is -0.466 e. The molecule has 178 valence electrons. The van der Waals surface area contributed by atoms with Gasteiger partial charge in [-0.2, -0.15) is 0 Å². The van der Waals surface area contributed by atoms with Gasteiger partial charge >= 0.3 is 11.9 Å². The second-order valence-electron chi connectivity index (χ2n) is 9.81. The Kier molecular flexibility index (Phi) is 7.95. The molecule has 2 bridgehead atoms. The van der Waals surface area contributed by atoms with E-state index in [9.17, 15) is 24.9 Å². The summed E-state index contributed by atoms with van der Waals surface area (Å²) < 4.78 is 16.6. The van der Waals surface area contributed by atoms with Crippen LogP contribution in [0.25, 0.3) is 0 Å². The van der Waals surface area contributed by atoms with Crippen LogP contribution in [0, 0.1) is 5.92 Å². The topological polar surface area (TPSA) is 123 Å². The van der Waals surface area contributed by atoms with Crippen LogP contribution in [-0.2, 0) is 23.8 Å². The van der Waals surface area contributed by atoms with Gasteiger partial charge in [0.15, 0.2) is 0 Å². The van der Waals surface area contributed by atoms with E-state index in [1.807, 2.05) is 6.92 Å². The van der Waals surface area contributed by atoms with E-state index < -0.39 is 53.0 Å². The van der Waals surface area contributed by atoms with Crippen molar-refractivity contribution in [3.63, 3.8) is 0 Å². The summed E-state index contributed by atoms with van der Waals surface area (Å²) in [6.07, 6.45) is 0.0597. The lowest BCUT2D eigenvalue weighted by molar-refractivity contribution is -0.185. The van der Waals surface area contributed by atoms with Gasteiger partial charge in [-0.25, -0.2) is 4.79 Å². The van der Waals surface area contributed by atoms with Crippen molar-refractivity contribution in [1.82, 2.24) is 0 Å². The summed E-state index contributed by atoms with van der Waals surface area (Å²) in [5.74, 6) is -1.53. The Morgan fingerprint density at radius 2 is 1.65 bits per heavy atom. The highest BCUT2D eigenvalue weighted by Gasteiger charge is 2.50. The van der Waals surface area contributed by atoms with E-state index in [1.54, 1.807) is 6.92 Å². The number of rotatable bonds is 3. The molecule has 0 aromatic carbocycles. The Labute approximate surface area is 184 Å². The molecule has 2 aliphatic heterocycles. The smallest absolute Gasteiger partial charge is 0.333 e. The van der Waals surface area contributed by atoms with Crippen LogP contribution in [0.4, 0.5) is 0 Å². The maximum atomic E-state index is 12.1. The third kappa shape index (κ3) is 6.06. The Bertz CT molecular complexity index is 685. The highest BCUT2D eigenvalue weighted by molar-refractivity contribution is 5.88. The molecule has 8 heteroatoms. The van der Waals surface area contributed by atoms with Crippen molar-refractivity contribution in [3.05, 3.63) is 12.2 Å². The summed E-state index contributed by atoms with van der Waals surface area (Å²) >= 11 is 0. The molecule has 8 nitrogen and oxygen atoms in total. The van der Waals surface area contributed by atoms with Crippen LogP contribution in [0.2, 0.25) is 0 Å². The number of carbonyl (C=O) groups is 2. The SMILES string of the molecule is C=C(C(=O)OC)[C@@H]1CC[C@@](C)(O)[C@H]2CC[C@@](C)(O2)[C@@H](OC(C)=O)CC[C@](C)(O)[C@@H](O)C1. The zero-order chi connectivity index (χ0) is 23.6. The predicted molar refractivity (Wildman–Crippen MR) is 113 cm³/mol. The Balaban J connectivity index is 2.38. The summed E-state index contributed by atoms with van der Waals surface area (Å²) in [6.45, 7) is 10.2. The van der Waals surface area contributed by atoms with Gasteiger partial charge < -0.3 is 29.5 Å². The minimum atomic E-state index is -1.49. The second-order valence-corrected chi connectivity index (χ2v) is 9.81. The van der Waals surface area contributed by atoms with Gasteiger partial charge in [-0.15, -0.1) is 0 Å². The molecule has 0 aliphatic carbocycles. The maximum absolute atomic E-state index is 12.1. The molecule has 2 aliphatic rings. The third-order valence-electron chi connectivity index (χ3n) is 7.08. The molecule has 2 saturated heterocycles. The zero-order valence-electron chi connectivity index (χ0n) is 19.3. The highest BCUT2D eigenvalue weighted by atomic mass is 16.6. The van der Waals surface area contributed by atoms with E-state index in [0.29, 0.717) is 25.7 Å². The average molecular weight is 443 g/mol. The molecule has 0 unspecified atom stereocenters. The minimum absolute atomic E-state index is 0.0814. The summed E-state index contributed by atoms with van der Waals surface area (Å²) in [5, 5.41) is 33.0. The molecule has 2 heterocycles. The van der Waals surface area contributed by atoms with Crippen molar-refractivity contribution in [2.45, 2.75) is 108 Å². The average Bonchev–Trinajstić information content (AvgIpc) is 3.10. The highest BCUT2D eigenvalue weighted by Crippen LogP contribution is 2.43. The largest absolute Gasteiger partial charge is 0.466 e. The van der Waals surface area contributed by atoms with Crippen LogP contribution in [0.3, 0.4) is 0 Å². The molecule has 0 radical (unpaired) electrons. The van der Waals surface area contributed by atoms with Gasteiger partial charge in [0.05, 0.1) is 30.5 Å². The summed E-state index contributed by atoms with van der Waals surface area (Å²) in [7, 11) is 1.26. The Hall–Kier alpha value is -1.48. The maximum Gasteiger partial charge on any atom is 0.333 e. The molecule has 0 aromatic heterocycles. The molecule has 2 rings (SSSR count). The molecule has 31 heavy (non-hydrogen) atoms. The molecular formula is C23H38O8. The number of methoxy groups -OCH3 is 1. The van der Waals surface area contributed by atoms with Crippen LogP contribution in [0.15, 0.2) is 12.2 Å². The molecule has 0 spiro atoms. The number of esters is 2. The van der Waals surface area contributed by atoms with Crippen molar-refractivity contribution in [3.8, 4) is 0 Å². The monoisotopic (exact) mass is 442 g/mol. The molecule has 0 amide bonds.